The molecule has 1 fully saturated rings. The zero-order chi connectivity index (χ0) is 15.4. The monoisotopic (exact) mass is 353 g/mol. The summed E-state index contributed by atoms with van der Waals surface area (Å²) < 4.78 is 51.7. The van der Waals surface area contributed by atoms with Crippen LogP contribution in [0.3, 0.4) is 0 Å². The number of benzene rings is 1. The molecule has 112 valence electrons. The maximum Gasteiger partial charge on any atom is 0.296 e. The summed E-state index contributed by atoms with van der Waals surface area (Å²) in [5.74, 6) is -1.76. The molecule has 1 aliphatic carbocycles. The first-order valence-electron chi connectivity index (χ1n) is 5.83. The van der Waals surface area contributed by atoms with Crippen LogP contribution in [0.15, 0.2) is 17.3 Å². The third-order valence-electron chi connectivity index (χ3n) is 3.05. The van der Waals surface area contributed by atoms with Crippen molar-refractivity contribution in [3.8, 4) is 11.4 Å². The molecule has 1 saturated carbocycles. The molecule has 21 heavy (non-hydrogen) atoms. The van der Waals surface area contributed by atoms with Crippen molar-refractivity contribution in [3.63, 3.8) is 0 Å². The molecule has 0 amide bonds. The normalized spacial score (nSPS) is 15.4. The fourth-order valence-electron chi connectivity index (χ4n) is 1.98. The summed E-state index contributed by atoms with van der Waals surface area (Å²) in [6.45, 7) is 0. The maximum absolute atomic E-state index is 14.0. The van der Waals surface area contributed by atoms with E-state index in [4.69, 9.17) is 22.3 Å². The molecule has 2 aromatic rings. The minimum absolute atomic E-state index is 0.0928. The molecule has 0 saturated heterocycles. The molecule has 0 aliphatic heterocycles. The quantitative estimate of drug-likeness (QED) is 0.628. The van der Waals surface area contributed by atoms with E-state index in [1.807, 2.05) is 0 Å². The van der Waals surface area contributed by atoms with E-state index in [9.17, 15) is 17.2 Å². The van der Waals surface area contributed by atoms with Gasteiger partial charge >= 0.3 is 0 Å². The molecular formula is C11H7Cl2F2N3O2S. The van der Waals surface area contributed by atoms with E-state index in [1.54, 1.807) is 0 Å². The minimum Gasteiger partial charge on any atom is -0.294 e. The second kappa shape index (κ2) is 4.89. The average Bonchev–Trinajstić information content (AvgIpc) is 3.11. The van der Waals surface area contributed by atoms with Gasteiger partial charge in [-0.15, -0.1) is 10.2 Å². The second-order valence-corrected chi connectivity index (χ2v) is 7.46. The summed E-state index contributed by atoms with van der Waals surface area (Å²) in [6.07, 6.45) is 1.37. The van der Waals surface area contributed by atoms with Crippen LogP contribution in [0.25, 0.3) is 11.4 Å². The predicted molar refractivity (Wildman–Crippen MR) is 71.7 cm³/mol. The maximum atomic E-state index is 14.0. The molecule has 5 nitrogen and oxygen atoms in total. The summed E-state index contributed by atoms with van der Waals surface area (Å²) in [4.78, 5) is 0. The standard InChI is InChI=1S/C11H7Cl2F2N3O2S/c12-7-4-8(14)6(3-9(7)15)10-16-17-11(21(13,19)20)18(10)5-1-2-5/h3-5H,1-2H2. The Kier molecular flexibility index (Phi) is 3.42. The van der Waals surface area contributed by atoms with Crippen LogP contribution in [0.2, 0.25) is 5.02 Å². The lowest BCUT2D eigenvalue weighted by molar-refractivity contribution is 0.576. The van der Waals surface area contributed by atoms with Crippen LogP contribution in [0.5, 0.6) is 0 Å². The zero-order valence-corrected chi connectivity index (χ0v) is 12.6. The molecule has 1 aromatic heterocycles. The lowest BCUT2D eigenvalue weighted by atomic mass is 10.2. The average molecular weight is 354 g/mol. The summed E-state index contributed by atoms with van der Waals surface area (Å²) in [7, 11) is 1.16. The van der Waals surface area contributed by atoms with Crippen LogP contribution in [0.1, 0.15) is 18.9 Å². The molecule has 0 bridgehead atoms. The molecule has 0 radical (unpaired) electrons. The van der Waals surface area contributed by atoms with Crippen LogP contribution in [0, 0.1) is 11.6 Å². The summed E-state index contributed by atoms with van der Waals surface area (Å²) in [5.41, 5.74) is -0.220. The van der Waals surface area contributed by atoms with E-state index in [1.165, 1.54) is 4.57 Å². The van der Waals surface area contributed by atoms with Crippen LogP contribution in [-0.4, -0.2) is 23.2 Å². The second-order valence-electron chi connectivity index (χ2n) is 4.59. The van der Waals surface area contributed by atoms with Gasteiger partial charge in [-0.05, 0) is 25.0 Å². The van der Waals surface area contributed by atoms with Gasteiger partial charge in [0.15, 0.2) is 5.82 Å². The summed E-state index contributed by atoms with van der Waals surface area (Å²) >= 11 is 5.49. The summed E-state index contributed by atoms with van der Waals surface area (Å²) in [6, 6.07) is 1.45. The number of nitrogens with zero attached hydrogens (tertiary/aromatic N) is 3. The molecule has 1 aromatic carbocycles. The Labute approximate surface area is 127 Å². The van der Waals surface area contributed by atoms with Crippen molar-refractivity contribution in [2.75, 3.05) is 0 Å². The van der Waals surface area contributed by atoms with Crippen molar-refractivity contribution >= 4 is 31.3 Å². The van der Waals surface area contributed by atoms with E-state index in [-0.39, 0.29) is 22.5 Å². The third-order valence-corrected chi connectivity index (χ3v) is 4.46. The fraction of sp³-hybridized carbons (Fsp3) is 0.273. The van der Waals surface area contributed by atoms with Gasteiger partial charge in [-0.25, -0.2) is 17.2 Å². The SMILES string of the molecule is O=S(=O)(Cl)c1nnc(-c2cc(F)c(Cl)cc2F)n1C1CC1. The Morgan fingerprint density at radius 2 is 1.86 bits per heavy atom. The Morgan fingerprint density at radius 3 is 2.43 bits per heavy atom. The van der Waals surface area contributed by atoms with Crippen LogP contribution in [0.4, 0.5) is 8.78 Å². The Morgan fingerprint density at radius 1 is 1.19 bits per heavy atom. The number of aromatic nitrogens is 3. The molecular weight excluding hydrogens is 347 g/mol. The van der Waals surface area contributed by atoms with Gasteiger partial charge in [0, 0.05) is 16.7 Å². The topological polar surface area (TPSA) is 64.8 Å². The highest BCUT2D eigenvalue weighted by atomic mass is 35.7. The Bertz CT molecular complexity index is 834. The van der Waals surface area contributed by atoms with Gasteiger partial charge < -0.3 is 0 Å². The van der Waals surface area contributed by atoms with Gasteiger partial charge in [0.2, 0.25) is 0 Å². The predicted octanol–water partition coefficient (Wildman–Crippen LogP) is 3.14. The van der Waals surface area contributed by atoms with Crippen molar-refractivity contribution < 1.29 is 17.2 Å². The van der Waals surface area contributed by atoms with Crippen molar-refractivity contribution in [3.05, 3.63) is 28.8 Å². The Hall–Kier alpha value is -1.25. The lowest BCUT2D eigenvalue weighted by Crippen LogP contribution is -2.07. The highest BCUT2D eigenvalue weighted by Gasteiger charge is 2.35. The lowest BCUT2D eigenvalue weighted by Gasteiger charge is -2.08. The smallest absolute Gasteiger partial charge is 0.294 e. The Balaban J connectivity index is 2.25. The van der Waals surface area contributed by atoms with Gasteiger partial charge in [0.05, 0.1) is 10.6 Å². The highest BCUT2D eigenvalue weighted by Crippen LogP contribution is 2.41. The molecule has 0 unspecified atom stereocenters. The number of hydrogen-bond donors (Lipinski definition) is 0. The first-order valence-corrected chi connectivity index (χ1v) is 8.52. The van der Waals surface area contributed by atoms with Crippen LogP contribution < -0.4 is 0 Å². The first-order chi connectivity index (χ1) is 9.79. The van der Waals surface area contributed by atoms with Gasteiger partial charge in [0.25, 0.3) is 14.2 Å². The van der Waals surface area contributed by atoms with Crippen molar-refractivity contribution in [1.29, 1.82) is 0 Å². The van der Waals surface area contributed by atoms with E-state index in [0.717, 1.165) is 12.1 Å². The number of rotatable bonds is 3. The van der Waals surface area contributed by atoms with E-state index >= 15 is 0 Å². The van der Waals surface area contributed by atoms with Gasteiger partial charge in [0.1, 0.15) is 11.6 Å². The van der Waals surface area contributed by atoms with Crippen molar-refractivity contribution in [2.24, 2.45) is 0 Å². The molecule has 1 aliphatic rings. The first kappa shape index (κ1) is 14.7. The zero-order valence-electron chi connectivity index (χ0n) is 10.2. The van der Waals surface area contributed by atoms with Crippen LogP contribution >= 0.6 is 22.3 Å². The molecule has 0 N–H and O–H groups in total. The van der Waals surface area contributed by atoms with Crippen molar-refractivity contribution in [1.82, 2.24) is 14.8 Å². The van der Waals surface area contributed by atoms with Gasteiger partial charge in [-0.1, -0.05) is 11.6 Å². The van der Waals surface area contributed by atoms with E-state index in [0.29, 0.717) is 12.8 Å². The molecule has 0 spiro atoms. The van der Waals surface area contributed by atoms with Crippen LogP contribution in [-0.2, 0) is 9.05 Å². The summed E-state index contributed by atoms with van der Waals surface area (Å²) in [5, 5.41) is 6.28. The van der Waals surface area contributed by atoms with Gasteiger partial charge in [-0.2, -0.15) is 0 Å². The highest BCUT2D eigenvalue weighted by molar-refractivity contribution is 8.13. The van der Waals surface area contributed by atoms with E-state index in [2.05, 4.69) is 10.2 Å². The van der Waals surface area contributed by atoms with Crippen molar-refractivity contribution in [2.45, 2.75) is 24.0 Å². The molecule has 0 atom stereocenters. The fourth-order valence-corrected chi connectivity index (χ4v) is 3.06. The molecule has 3 rings (SSSR count). The largest absolute Gasteiger partial charge is 0.296 e. The van der Waals surface area contributed by atoms with Gasteiger partial charge in [-0.3, -0.25) is 4.57 Å². The number of halogens is 4. The third kappa shape index (κ3) is 2.63. The molecule has 1 heterocycles. The minimum atomic E-state index is -4.14. The van der Waals surface area contributed by atoms with E-state index < -0.39 is 25.8 Å². The number of hydrogen-bond acceptors (Lipinski definition) is 4. The molecule has 10 heteroatoms.